The van der Waals surface area contributed by atoms with Crippen molar-refractivity contribution in [2.75, 3.05) is 26.2 Å². The molecule has 0 saturated heterocycles. The Labute approximate surface area is 179 Å². The molecule has 0 saturated carbocycles. The van der Waals surface area contributed by atoms with Crippen LogP contribution in [0.15, 0.2) is 66.9 Å². The first-order chi connectivity index (χ1) is 14.8. The molecule has 0 aliphatic rings. The SMILES string of the molecule is CCN(CC)CCNCc1cc2c3ccccc3n(CCc3ccccc3)c2cn1. The molecule has 4 nitrogen and oxygen atoms in total. The van der Waals surface area contributed by atoms with E-state index in [1.165, 1.54) is 27.4 Å². The van der Waals surface area contributed by atoms with Crippen LogP contribution in [0.25, 0.3) is 21.8 Å². The number of aryl methyl sites for hydroxylation is 2. The Hall–Kier alpha value is -2.69. The van der Waals surface area contributed by atoms with E-state index in [-0.39, 0.29) is 0 Å². The van der Waals surface area contributed by atoms with Crippen molar-refractivity contribution in [1.29, 1.82) is 0 Å². The summed E-state index contributed by atoms with van der Waals surface area (Å²) in [6.07, 6.45) is 3.07. The maximum atomic E-state index is 4.78. The van der Waals surface area contributed by atoms with Crippen molar-refractivity contribution in [3.05, 3.63) is 78.1 Å². The second-order valence-corrected chi connectivity index (χ2v) is 7.80. The van der Waals surface area contributed by atoms with Crippen molar-refractivity contribution >= 4 is 21.8 Å². The standard InChI is InChI=1S/C26H32N4/c1-3-29(4-2)17-15-27-19-22-18-24-23-12-8-9-13-25(23)30(26(24)20-28-22)16-14-21-10-6-5-7-11-21/h5-13,18,20,27H,3-4,14-17,19H2,1-2H3. The van der Waals surface area contributed by atoms with Crippen molar-refractivity contribution in [3.63, 3.8) is 0 Å². The van der Waals surface area contributed by atoms with E-state index < -0.39 is 0 Å². The lowest BCUT2D eigenvalue weighted by Gasteiger charge is -2.17. The van der Waals surface area contributed by atoms with Crippen molar-refractivity contribution in [2.24, 2.45) is 0 Å². The summed E-state index contributed by atoms with van der Waals surface area (Å²) in [4.78, 5) is 7.21. The van der Waals surface area contributed by atoms with Gasteiger partial charge in [-0.3, -0.25) is 4.98 Å². The van der Waals surface area contributed by atoms with Crippen molar-refractivity contribution in [3.8, 4) is 0 Å². The number of fused-ring (bicyclic) bond motifs is 3. The normalized spacial score (nSPS) is 11.7. The largest absolute Gasteiger partial charge is 0.339 e. The van der Waals surface area contributed by atoms with Gasteiger partial charge < -0.3 is 14.8 Å². The number of benzene rings is 2. The van der Waals surface area contributed by atoms with Gasteiger partial charge in [-0.05, 0) is 37.2 Å². The molecule has 4 rings (SSSR count). The minimum atomic E-state index is 0.806. The first kappa shape index (κ1) is 20.6. The minimum absolute atomic E-state index is 0.806. The lowest BCUT2D eigenvalue weighted by atomic mass is 10.1. The van der Waals surface area contributed by atoms with Gasteiger partial charge in [0.1, 0.15) is 0 Å². The fourth-order valence-corrected chi connectivity index (χ4v) is 4.21. The van der Waals surface area contributed by atoms with Crippen LogP contribution in [0.1, 0.15) is 25.1 Å². The maximum Gasteiger partial charge on any atom is 0.0678 e. The minimum Gasteiger partial charge on any atom is -0.339 e. The molecule has 0 aliphatic heterocycles. The lowest BCUT2D eigenvalue weighted by Crippen LogP contribution is -2.31. The van der Waals surface area contributed by atoms with Crippen LogP contribution >= 0.6 is 0 Å². The molecule has 0 spiro atoms. The summed E-state index contributed by atoms with van der Waals surface area (Å²) < 4.78 is 2.42. The third-order valence-corrected chi connectivity index (χ3v) is 5.99. The molecule has 0 atom stereocenters. The van der Waals surface area contributed by atoms with Crippen LogP contribution in [0.4, 0.5) is 0 Å². The van der Waals surface area contributed by atoms with Gasteiger partial charge in [0.25, 0.3) is 0 Å². The van der Waals surface area contributed by atoms with Gasteiger partial charge in [-0.15, -0.1) is 0 Å². The number of nitrogens with one attached hydrogen (secondary N) is 1. The summed E-state index contributed by atoms with van der Waals surface area (Å²) >= 11 is 0. The van der Waals surface area contributed by atoms with Crippen molar-refractivity contribution in [2.45, 2.75) is 33.4 Å². The second-order valence-electron chi connectivity index (χ2n) is 7.80. The summed E-state index contributed by atoms with van der Waals surface area (Å²) in [5.74, 6) is 0. The third-order valence-electron chi connectivity index (χ3n) is 5.99. The predicted octanol–water partition coefficient (Wildman–Crippen LogP) is 4.86. The van der Waals surface area contributed by atoms with Crippen molar-refractivity contribution < 1.29 is 0 Å². The zero-order valence-corrected chi connectivity index (χ0v) is 18.1. The fourth-order valence-electron chi connectivity index (χ4n) is 4.21. The Morgan fingerprint density at radius 1 is 0.900 bits per heavy atom. The summed E-state index contributed by atoms with van der Waals surface area (Å²) in [5.41, 5.74) is 4.98. The van der Waals surface area contributed by atoms with Crippen LogP contribution in [-0.4, -0.2) is 40.6 Å². The van der Waals surface area contributed by atoms with E-state index in [0.717, 1.165) is 51.4 Å². The fraction of sp³-hybridized carbons (Fsp3) is 0.346. The molecule has 0 radical (unpaired) electrons. The summed E-state index contributed by atoms with van der Waals surface area (Å²) in [5, 5.41) is 6.17. The van der Waals surface area contributed by atoms with Gasteiger partial charge in [0.05, 0.1) is 17.4 Å². The van der Waals surface area contributed by atoms with E-state index in [4.69, 9.17) is 4.98 Å². The summed E-state index contributed by atoms with van der Waals surface area (Å²) in [7, 11) is 0. The van der Waals surface area contributed by atoms with E-state index >= 15 is 0 Å². The van der Waals surface area contributed by atoms with E-state index in [1.54, 1.807) is 0 Å². The summed E-state index contributed by atoms with van der Waals surface area (Å²) in [6.45, 7) is 10.5. The Bertz CT molecular complexity index is 1080. The highest BCUT2D eigenvalue weighted by Gasteiger charge is 2.11. The molecule has 4 heteroatoms. The molecule has 2 heterocycles. The van der Waals surface area contributed by atoms with Gasteiger partial charge in [0.15, 0.2) is 0 Å². The molecule has 0 unspecified atom stereocenters. The molecular formula is C26H32N4. The Morgan fingerprint density at radius 3 is 2.47 bits per heavy atom. The predicted molar refractivity (Wildman–Crippen MR) is 127 cm³/mol. The number of nitrogens with zero attached hydrogens (tertiary/aromatic N) is 3. The molecule has 156 valence electrons. The van der Waals surface area contributed by atoms with E-state index in [2.05, 4.69) is 95.5 Å². The number of rotatable bonds is 10. The average molecular weight is 401 g/mol. The second kappa shape index (κ2) is 9.88. The number of hydrogen-bond acceptors (Lipinski definition) is 3. The average Bonchev–Trinajstić information content (AvgIpc) is 3.11. The van der Waals surface area contributed by atoms with Crippen LogP contribution in [-0.2, 0) is 19.5 Å². The van der Waals surface area contributed by atoms with Crippen LogP contribution in [0.3, 0.4) is 0 Å². The quantitative estimate of drug-likeness (QED) is 0.386. The smallest absolute Gasteiger partial charge is 0.0678 e. The number of pyridine rings is 1. The van der Waals surface area contributed by atoms with E-state index in [1.807, 2.05) is 0 Å². The first-order valence-electron chi connectivity index (χ1n) is 11.1. The number of para-hydroxylation sites is 1. The summed E-state index contributed by atoms with van der Waals surface area (Å²) in [6, 6.07) is 21.7. The Balaban J connectivity index is 1.54. The first-order valence-corrected chi connectivity index (χ1v) is 11.1. The van der Waals surface area contributed by atoms with Gasteiger partial charge in [0, 0.05) is 42.5 Å². The van der Waals surface area contributed by atoms with Crippen LogP contribution in [0.2, 0.25) is 0 Å². The maximum absolute atomic E-state index is 4.78. The molecule has 2 aromatic heterocycles. The van der Waals surface area contributed by atoms with Gasteiger partial charge in [-0.2, -0.15) is 0 Å². The zero-order chi connectivity index (χ0) is 20.8. The molecule has 0 aliphatic carbocycles. The van der Waals surface area contributed by atoms with E-state index in [9.17, 15) is 0 Å². The molecule has 2 aromatic carbocycles. The van der Waals surface area contributed by atoms with Crippen molar-refractivity contribution in [1.82, 2.24) is 19.8 Å². The van der Waals surface area contributed by atoms with Gasteiger partial charge in [-0.25, -0.2) is 0 Å². The lowest BCUT2D eigenvalue weighted by molar-refractivity contribution is 0.302. The number of hydrogen-bond donors (Lipinski definition) is 1. The van der Waals surface area contributed by atoms with Crippen LogP contribution in [0, 0.1) is 0 Å². The topological polar surface area (TPSA) is 33.1 Å². The molecule has 4 aromatic rings. The molecular weight excluding hydrogens is 368 g/mol. The molecule has 0 bridgehead atoms. The monoisotopic (exact) mass is 400 g/mol. The van der Waals surface area contributed by atoms with Crippen LogP contribution in [0.5, 0.6) is 0 Å². The molecule has 1 N–H and O–H groups in total. The number of aromatic nitrogens is 2. The van der Waals surface area contributed by atoms with Gasteiger partial charge in [0.2, 0.25) is 0 Å². The molecule has 30 heavy (non-hydrogen) atoms. The Kier molecular flexibility index (Phi) is 6.77. The van der Waals surface area contributed by atoms with E-state index in [0.29, 0.717) is 0 Å². The Morgan fingerprint density at radius 2 is 1.67 bits per heavy atom. The molecule has 0 amide bonds. The van der Waals surface area contributed by atoms with Crippen LogP contribution < -0.4 is 5.32 Å². The highest BCUT2D eigenvalue weighted by Crippen LogP contribution is 2.29. The zero-order valence-electron chi connectivity index (χ0n) is 18.1. The van der Waals surface area contributed by atoms with Gasteiger partial charge >= 0.3 is 0 Å². The third kappa shape index (κ3) is 4.55. The van der Waals surface area contributed by atoms with Gasteiger partial charge in [-0.1, -0.05) is 62.4 Å². The highest BCUT2D eigenvalue weighted by atomic mass is 15.1. The highest BCUT2D eigenvalue weighted by molar-refractivity contribution is 6.07. The number of likely N-dealkylation sites (N-methyl/N-ethyl adjacent to an activating group) is 1. The molecule has 0 fully saturated rings.